The van der Waals surface area contributed by atoms with Gasteiger partial charge in [0.1, 0.15) is 11.8 Å². The zero-order valence-electron chi connectivity index (χ0n) is 15.9. The monoisotopic (exact) mass is 377 g/mol. The van der Waals surface area contributed by atoms with Gasteiger partial charge in [0.2, 0.25) is 17.7 Å². The average molecular weight is 377 g/mol. The van der Waals surface area contributed by atoms with Crippen LogP contribution in [0.15, 0.2) is 18.2 Å². The van der Waals surface area contributed by atoms with Crippen LogP contribution in [0.3, 0.4) is 0 Å². The minimum absolute atomic E-state index is 0.136. The van der Waals surface area contributed by atoms with E-state index in [-0.39, 0.29) is 24.2 Å². The van der Waals surface area contributed by atoms with Crippen molar-refractivity contribution in [2.75, 3.05) is 7.11 Å². The average Bonchev–Trinajstić information content (AvgIpc) is 2.79. The molecule has 3 amide bonds. The van der Waals surface area contributed by atoms with E-state index in [4.69, 9.17) is 9.94 Å². The normalized spacial score (nSPS) is 17.4. The first kappa shape index (κ1) is 20.7. The lowest BCUT2D eigenvalue weighted by Gasteiger charge is -2.22. The SMILES string of the molecule is COc1ccc2c(c1)CNC(=O)[C@@H](NC(=O)[C@H](CC(=O)NO)CC(C)C)C2. The minimum atomic E-state index is -0.723. The molecule has 1 aliphatic heterocycles. The quantitative estimate of drug-likeness (QED) is 0.416. The maximum Gasteiger partial charge on any atom is 0.244 e. The van der Waals surface area contributed by atoms with Crippen molar-refractivity contribution >= 4 is 17.7 Å². The highest BCUT2D eigenvalue weighted by molar-refractivity contribution is 5.91. The lowest BCUT2D eigenvalue weighted by Crippen LogP contribution is -2.49. The fourth-order valence-corrected chi connectivity index (χ4v) is 3.24. The summed E-state index contributed by atoms with van der Waals surface area (Å²) in [6.45, 7) is 4.25. The Bertz CT molecular complexity index is 705. The van der Waals surface area contributed by atoms with E-state index >= 15 is 0 Å². The summed E-state index contributed by atoms with van der Waals surface area (Å²) >= 11 is 0. The Morgan fingerprint density at radius 1 is 1.33 bits per heavy atom. The Labute approximate surface area is 158 Å². The van der Waals surface area contributed by atoms with E-state index in [9.17, 15) is 14.4 Å². The number of benzene rings is 1. The third-order valence-electron chi connectivity index (χ3n) is 4.61. The number of amides is 3. The molecule has 0 bridgehead atoms. The Kier molecular flexibility index (Phi) is 7.18. The second-order valence-electron chi connectivity index (χ2n) is 7.18. The molecule has 4 N–H and O–H groups in total. The molecule has 0 spiro atoms. The molecule has 0 saturated heterocycles. The molecule has 0 aromatic heterocycles. The molecule has 8 nitrogen and oxygen atoms in total. The van der Waals surface area contributed by atoms with Crippen molar-refractivity contribution in [2.45, 2.75) is 45.7 Å². The van der Waals surface area contributed by atoms with Crippen LogP contribution >= 0.6 is 0 Å². The number of rotatable bonds is 7. The number of nitrogens with one attached hydrogen (secondary N) is 3. The van der Waals surface area contributed by atoms with E-state index in [1.807, 2.05) is 32.0 Å². The summed E-state index contributed by atoms with van der Waals surface area (Å²) in [5, 5.41) is 14.3. The zero-order chi connectivity index (χ0) is 20.0. The van der Waals surface area contributed by atoms with Crippen LogP contribution in [0.2, 0.25) is 0 Å². The molecule has 1 heterocycles. The van der Waals surface area contributed by atoms with Crippen molar-refractivity contribution in [3.8, 4) is 5.75 Å². The van der Waals surface area contributed by atoms with Gasteiger partial charge in [0.15, 0.2) is 0 Å². The molecule has 0 radical (unpaired) electrons. The van der Waals surface area contributed by atoms with Gasteiger partial charge in [0, 0.05) is 25.3 Å². The molecule has 2 rings (SSSR count). The smallest absolute Gasteiger partial charge is 0.244 e. The van der Waals surface area contributed by atoms with E-state index < -0.39 is 17.9 Å². The first-order valence-electron chi connectivity index (χ1n) is 9.00. The van der Waals surface area contributed by atoms with Gasteiger partial charge in [-0.05, 0) is 35.6 Å². The van der Waals surface area contributed by atoms with Gasteiger partial charge in [-0.15, -0.1) is 0 Å². The third kappa shape index (κ3) is 5.68. The number of hydroxylamine groups is 1. The predicted molar refractivity (Wildman–Crippen MR) is 98.0 cm³/mol. The van der Waals surface area contributed by atoms with Crippen molar-refractivity contribution in [1.29, 1.82) is 0 Å². The number of carbonyl (C=O) groups excluding carboxylic acids is 3. The van der Waals surface area contributed by atoms with Gasteiger partial charge >= 0.3 is 0 Å². The summed E-state index contributed by atoms with van der Waals surface area (Å²) < 4.78 is 5.21. The van der Waals surface area contributed by atoms with E-state index in [1.165, 1.54) is 0 Å². The second kappa shape index (κ2) is 9.36. The maximum absolute atomic E-state index is 12.7. The van der Waals surface area contributed by atoms with Crippen LogP contribution in [-0.4, -0.2) is 36.1 Å². The zero-order valence-corrected chi connectivity index (χ0v) is 15.9. The summed E-state index contributed by atoms with van der Waals surface area (Å²) in [6.07, 6.45) is 0.696. The van der Waals surface area contributed by atoms with E-state index in [1.54, 1.807) is 12.6 Å². The van der Waals surface area contributed by atoms with Crippen LogP contribution in [0.1, 0.15) is 37.8 Å². The molecule has 1 aromatic rings. The highest BCUT2D eigenvalue weighted by atomic mass is 16.5. The Morgan fingerprint density at radius 3 is 2.70 bits per heavy atom. The molecular weight excluding hydrogens is 350 g/mol. The topological polar surface area (TPSA) is 117 Å². The molecule has 1 aliphatic rings. The van der Waals surface area contributed by atoms with E-state index in [2.05, 4.69) is 10.6 Å². The Hall–Kier alpha value is -2.61. The summed E-state index contributed by atoms with van der Waals surface area (Å²) in [6, 6.07) is 4.85. The molecule has 148 valence electrons. The van der Waals surface area contributed by atoms with Crippen LogP contribution in [0.4, 0.5) is 0 Å². The molecular formula is C19H27N3O5. The van der Waals surface area contributed by atoms with Crippen molar-refractivity contribution in [3.63, 3.8) is 0 Å². The summed E-state index contributed by atoms with van der Waals surface area (Å²) in [4.78, 5) is 36.6. The van der Waals surface area contributed by atoms with Crippen molar-refractivity contribution in [2.24, 2.45) is 11.8 Å². The highest BCUT2D eigenvalue weighted by Crippen LogP contribution is 2.22. The van der Waals surface area contributed by atoms with Crippen molar-refractivity contribution in [3.05, 3.63) is 29.3 Å². The number of hydrogen-bond acceptors (Lipinski definition) is 5. The summed E-state index contributed by atoms with van der Waals surface area (Å²) in [5.41, 5.74) is 3.45. The van der Waals surface area contributed by atoms with Gasteiger partial charge in [-0.1, -0.05) is 19.9 Å². The van der Waals surface area contributed by atoms with Gasteiger partial charge in [0.25, 0.3) is 0 Å². The lowest BCUT2D eigenvalue weighted by atomic mass is 9.92. The van der Waals surface area contributed by atoms with E-state index in [0.717, 1.165) is 11.1 Å². The molecule has 0 fully saturated rings. The Balaban J connectivity index is 2.13. The summed E-state index contributed by atoms with van der Waals surface area (Å²) in [7, 11) is 1.58. The van der Waals surface area contributed by atoms with Crippen molar-refractivity contribution in [1.82, 2.24) is 16.1 Å². The van der Waals surface area contributed by atoms with Crippen molar-refractivity contribution < 1.29 is 24.3 Å². The molecule has 2 atom stereocenters. The van der Waals surface area contributed by atoms with Gasteiger partial charge in [-0.2, -0.15) is 0 Å². The lowest BCUT2D eigenvalue weighted by molar-refractivity contribution is -0.136. The first-order valence-corrected chi connectivity index (χ1v) is 9.00. The van der Waals surface area contributed by atoms with Crippen LogP contribution in [-0.2, 0) is 27.3 Å². The Morgan fingerprint density at radius 2 is 2.07 bits per heavy atom. The van der Waals surface area contributed by atoms with Gasteiger partial charge in [0.05, 0.1) is 7.11 Å². The largest absolute Gasteiger partial charge is 0.497 e. The van der Waals surface area contributed by atoms with Crippen LogP contribution < -0.4 is 20.9 Å². The van der Waals surface area contributed by atoms with Crippen LogP contribution in [0, 0.1) is 11.8 Å². The maximum atomic E-state index is 12.7. The van der Waals surface area contributed by atoms with Gasteiger partial charge in [-0.25, -0.2) is 5.48 Å². The minimum Gasteiger partial charge on any atom is -0.497 e. The third-order valence-corrected chi connectivity index (χ3v) is 4.61. The van der Waals surface area contributed by atoms with Gasteiger partial charge in [-0.3, -0.25) is 19.6 Å². The molecule has 8 heteroatoms. The predicted octanol–water partition coefficient (Wildman–Crippen LogP) is 0.910. The van der Waals surface area contributed by atoms with E-state index in [0.29, 0.717) is 25.1 Å². The first-order chi connectivity index (χ1) is 12.8. The number of hydrogen-bond donors (Lipinski definition) is 4. The molecule has 0 aliphatic carbocycles. The standard InChI is InChI=1S/C19H27N3O5/c1-11(2)6-13(9-17(23)22-26)18(24)21-16-8-12-4-5-15(27-3)7-14(12)10-20-19(16)25/h4-5,7,11,13,16,26H,6,8-10H2,1-3H3,(H,20,25)(H,21,24)(H,22,23)/t13-,16-/m0/s1. The molecule has 27 heavy (non-hydrogen) atoms. The molecule has 0 unspecified atom stereocenters. The highest BCUT2D eigenvalue weighted by Gasteiger charge is 2.29. The number of ether oxygens (including phenoxy) is 1. The number of fused-ring (bicyclic) bond motifs is 1. The number of methoxy groups -OCH3 is 1. The number of carbonyl (C=O) groups is 3. The van der Waals surface area contributed by atoms with Crippen LogP contribution in [0.5, 0.6) is 5.75 Å². The second-order valence-corrected chi connectivity index (χ2v) is 7.18. The van der Waals surface area contributed by atoms with Crippen LogP contribution in [0.25, 0.3) is 0 Å². The fraction of sp³-hybridized carbons (Fsp3) is 0.526. The fourth-order valence-electron chi connectivity index (χ4n) is 3.24. The van der Waals surface area contributed by atoms with Gasteiger partial charge < -0.3 is 15.4 Å². The summed E-state index contributed by atoms with van der Waals surface area (Å²) in [5.74, 6) is -0.999. The molecule has 1 aromatic carbocycles. The molecule has 0 saturated carbocycles.